The summed E-state index contributed by atoms with van der Waals surface area (Å²) < 4.78 is 6.11. The molecule has 0 fully saturated rings. The number of rotatable bonds is 4. The highest BCUT2D eigenvalue weighted by atomic mass is 16.4. The van der Waals surface area contributed by atoms with Crippen molar-refractivity contribution in [1.82, 2.24) is 9.55 Å². The van der Waals surface area contributed by atoms with Crippen molar-refractivity contribution in [3.63, 3.8) is 0 Å². The summed E-state index contributed by atoms with van der Waals surface area (Å²) in [4.78, 5) is 39.3. The Balaban J connectivity index is 1.86. The SMILES string of the molecule is NC(=O)c1ccccc1NC(=O)Cn1c(=O)oc2cccnc21. The van der Waals surface area contributed by atoms with Gasteiger partial charge in [0.05, 0.1) is 11.3 Å². The zero-order valence-corrected chi connectivity index (χ0v) is 11.9. The Kier molecular flexibility index (Phi) is 3.63. The van der Waals surface area contributed by atoms with E-state index in [1.165, 1.54) is 12.3 Å². The van der Waals surface area contributed by atoms with E-state index in [2.05, 4.69) is 10.3 Å². The molecule has 0 unspecified atom stereocenters. The Morgan fingerprint density at radius 3 is 2.78 bits per heavy atom. The average molecular weight is 312 g/mol. The van der Waals surface area contributed by atoms with Gasteiger partial charge in [0.25, 0.3) is 5.91 Å². The number of pyridine rings is 1. The molecular weight excluding hydrogens is 300 g/mol. The van der Waals surface area contributed by atoms with E-state index >= 15 is 0 Å². The van der Waals surface area contributed by atoms with E-state index in [1.807, 2.05) is 0 Å². The van der Waals surface area contributed by atoms with Gasteiger partial charge in [0.1, 0.15) is 6.54 Å². The average Bonchev–Trinajstić information content (AvgIpc) is 2.83. The molecule has 23 heavy (non-hydrogen) atoms. The Morgan fingerprint density at radius 2 is 2.00 bits per heavy atom. The van der Waals surface area contributed by atoms with Gasteiger partial charge in [-0.2, -0.15) is 0 Å². The molecule has 0 spiro atoms. The Hall–Kier alpha value is -3.42. The van der Waals surface area contributed by atoms with E-state index in [-0.39, 0.29) is 23.4 Å². The predicted octanol–water partition coefficient (Wildman–Crippen LogP) is 0.727. The minimum Gasteiger partial charge on any atom is -0.406 e. The van der Waals surface area contributed by atoms with Crippen molar-refractivity contribution in [2.24, 2.45) is 5.73 Å². The molecule has 2 heterocycles. The van der Waals surface area contributed by atoms with Crippen LogP contribution in [-0.2, 0) is 11.3 Å². The highest BCUT2D eigenvalue weighted by Gasteiger charge is 2.15. The van der Waals surface area contributed by atoms with Crippen LogP contribution in [0, 0.1) is 0 Å². The topological polar surface area (TPSA) is 120 Å². The molecule has 0 aliphatic heterocycles. The number of aromatic nitrogens is 2. The summed E-state index contributed by atoms with van der Waals surface area (Å²) >= 11 is 0. The number of fused-ring (bicyclic) bond motifs is 1. The predicted molar refractivity (Wildman–Crippen MR) is 81.9 cm³/mol. The Labute approximate surface area is 129 Å². The largest absolute Gasteiger partial charge is 0.421 e. The lowest BCUT2D eigenvalue weighted by Gasteiger charge is -2.08. The van der Waals surface area contributed by atoms with E-state index in [9.17, 15) is 14.4 Å². The van der Waals surface area contributed by atoms with Crippen molar-refractivity contribution in [2.75, 3.05) is 5.32 Å². The number of primary amides is 1. The van der Waals surface area contributed by atoms with Gasteiger partial charge >= 0.3 is 5.76 Å². The minimum atomic E-state index is -0.683. The summed E-state index contributed by atoms with van der Waals surface area (Å²) in [6.45, 7) is -0.296. The second-order valence-electron chi connectivity index (χ2n) is 4.74. The van der Waals surface area contributed by atoms with Crippen molar-refractivity contribution in [2.45, 2.75) is 6.54 Å². The number of nitrogens with zero attached hydrogens (tertiary/aromatic N) is 2. The van der Waals surface area contributed by atoms with Gasteiger partial charge in [0.15, 0.2) is 11.2 Å². The summed E-state index contributed by atoms with van der Waals surface area (Å²) in [6.07, 6.45) is 1.49. The van der Waals surface area contributed by atoms with Gasteiger partial charge in [-0.15, -0.1) is 0 Å². The molecule has 0 saturated heterocycles. The van der Waals surface area contributed by atoms with Crippen LogP contribution in [0.15, 0.2) is 51.8 Å². The van der Waals surface area contributed by atoms with Gasteiger partial charge < -0.3 is 15.5 Å². The molecule has 1 aromatic carbocycles. The van der Waals surface area contributed by atoms with Gasteiger partial charge in [0, 0.05) is 6.20 Å². The minimum absolute atomic E-state index is 0.184. The summed E-state index contributed by atoms with van der Waals surface area (Å²) in [7, 11) is 0. The van der Waals surface area contributed by atoms with Crippen LogP contribution in [0.25, 0.3) is 11.2 Å². The second-order valence-corrected chi connectivity index (χ2v) is 4.74. The number of nitrogens with two attached hydrogens (primary N) is 1. The molecule has 8 nitrogen and oxygen atoms in total. The molecule has 0 saturated carbocycles. The van der Waals surface area contributed by atoms with Gasteiger partial charge in [-0.05, 0) is 24.3 Å². The molecule has 3 aromatic rings. The van der Waals surface area contributed by atoms with Crippen LogP contribution >= 0.6 is 0 Å². The molecule has 8 heteroatoms. The quantitative estimate of drug-likeness (QED) is 0.735. The van der Waals surface area contributed by atoms with Crippen LogP contribution in [0.2, 0.25) is 0 Å². The molecule has 0 atom stereocenters. The van der Waals surface area contributed by atoms with Crippen LogP contribution in [0.1, 0.15) is 10.4 Å². The molecule has 0 radical (unpaired) electrons. The molecule has 3 rings (SSSR count). The molecule has 0 bridgehead atoms. The molecule has 0 aliphatic rings. The van der Waals surface area contributed by atoms with Crippen molar-refractivity contribution < 1.29 is 14.0 Å². The summed E-state index contributed by atoms with van der Waals surface area (Å²) in [6, 6.07) is 9.54. The lowest BCUT2D eigenvalue weighted by molar-refractivity contribution is -0.116. The lowest BCUT2D eigenvalue weighted by Crippen LogP contribution is -2.26. The number of carbonyl (C=O) groups excluding carboxylic acids is 2. The van der Waals surface area contributed by atoms with Crippen LogP contribution in [0.3, 0.4) is 0 Å². The molecule has 3 N–H and O–H groups in total. The number of nitrogens with one attached hydrogen (secondary N) is 1. The first-order valence-electron chi connectivity index (χ1n) is 6.69. The van der Waals surface area contributed by atoms with Crippen molar-refractivity contribution in [1.29, 1.82) is 0 Å². The van der Waals surface area contributed by atoms with E-state index in [0.717, 1.165) is 4.57 Å². The normalized spacial score (nSPS) is 10.6. The summed E-state index contributed by atoms with van der Waals surface area (Å²) in [5, 5.41) is 2.55. The first kappa shape index (κ1) is 14.5. The van der Waals surface area contributed by atoms with Crippen LogP contribution in [0.5, 0.6) is 0 Å². The first-order chi connectivity index (χ1) is 11.1. The number of oxazole rings is 1. The number of para-hydroxylation sites is 1. The van der Waals surface area contributed by atoms with E-state index in [4.69, 9.17) is 10.2 Å². The van der Waals surface area contributed by atoms with E-state index < -0.39 is 17.6 Å². The van der Waals surface area contributed by atoms with Crippen molar-refractivity contribution >= 4 is 28.7 Å². The van der Waals surface area contributed by atoms with Gasteiger partial charge in [-0.25, -0.2) is 14.3 Å². The van der Waals surface area contributed by atoms with Crippen molar-refractivity contribution in [3.05, 3.63) is 58.7 Å². The molecule has 0 aliphatic carbocycles. The van der Waals surface area contributed by atoms with Crippen molar-refractivity contribution in [3.8, 4) is 0 Å². The number of hydrogen-bond acceptors (Lipinski definition) is 5. The zero-order chi connectivity index (χ0) is 16.4. The summed E-state index contributed by atoms with van der Waals surface area (Å²) in [5.74, 6) is -1.85. The first-order valence-corrected chi connectivity index (χ1v) is 6.69. The standard InChI is InChI=1S/C15H12N4O4/c16-13(21)9-4-1-2-5-10(9)18-12(20)8-19-14-11(23-15(19)22)6-3-7-17-14/h1-7H,8H2,(H2,16,21)(H,18,20). The number of anilines is 1. The third-order valence-electron chi connectivity index (χ3n) is 3.19. The Morgan fingerprint density at radius 1 is 1.22 bits per heavy atom. The number of hydrogen-bond donors (Lipinski definition) is 2. The highest BCUT2D eigenvalue weighted by molar-refractivity contribution is 6.03. The smallest absolute Gasteiger partial charge is 0.406 e. The molecule has 116 valence electrons. The highest BCUT2D eigenvalue weighted by Crippen LogP contribution is 2.14. The van der Waals surface area contributed by atoms with Gasteiger partial charge in [0.2, 0.25) is 5.91 Å². The van der Waals surface area contributed by atoms with Crippen LogP contribution < -0.4 is 16.8 Å². The molecule has 2 amide bonds. The van der Waals surface area contributed by atoms with Crippen LogP contribution in [-0.4, -0.2) is 21.4 Å². The maximum Gasteiger partial charge on any atom is 0.421 e. The number of carbonyl (C=O) groups is 2. The van der Waals surface area contributed by atoms with Gasteiger partial charge in [-0.1, -0.05) is 12.1 Å². The molecular formula is C15H12N4O4. The zero-order valence-electron chi connectivity index (χ0n) is 11.9. The fourth-order valence-corrected chi connectivity index (χ4v) is 2.18. The maximum absolute atomic E-state index is 12.2. The Bertz CT molecular complexity index is 957. The second kappa shape index (κ2) is 5.76. The molecule has 2 aromatic heterocycles. The maximum atomic E-state index is 12.2. The monoisotopic (exact) mass is 312 g/mol. The fraction of sp³-hybridized carbons (Fsp3) is 0.0667. The van der Waals surface area contributed by atoms with E-state index in [0.29, 0.717) is 5.58 Å². The van der Waals surface area contributed by atoms with Gasteiger partial charge in [-0.3, -0.25) is 9.59 Å². The van der Waals surface area contributed by atoms with E-state index in [1.54, 1.807) is 30.3 Å². The fourth-order valence-electron chi connectivity index (χ4n) is 2.18. The third-order valence-corrected chi connectivity index (χ3v) is 3.19. The third kappa shape index (κ3) is 2.82. The lowest BCUT2D eigenvalue weighted by atomic mass is 10.1. The number of amides is 2. The summed E-state index contributed by atoms with van der Waals surface area (Å²) in [5.41, 5.74) is 6.28. The number of benzene rings is 1. The van der Waals surface area contributed by atoms with Crippen LogP contribution in [0.4, 0.5) is 5.69 Å².